The van der Waals surface area contributed by atoms with Gasteiger partial charge < -0.3 is 10.5 Å². The number of thioether (sulfide) groups is 1. The van der Waals surface area contributed by atoms with Gasteiger partial charge in [-0.05, 0) is 12.5 Å². The van der Waals surface area contributed by atoms with Crippen LogP contribution in [0.15, 0.2) is 59.6 Å². The Morgan fingerprint density at radius 1 is 1.17 bits per heavy atom. The molecule has 122 valence electrons. The van der Waals surface area contributed by atoms with Crippen LogP contribution in [0.2, 0.25) is 0 Å². The summed E-state index contributed by atoms with van der Waals surface area (Å²) in [5.41, 5.74) is 4.19. The van der Waals surface area contributed by atoms with Gasteiger partial charge in [0.2, 0.25) is 0 Å². The topological polar surface area (TPSA) is 47.6 Å². The van der Waals surface area contributed by atoms with Crippen molar-refractivity contribution in [2.24, 2.45) is 10.7 Å². The van der Waals surface area contributed by atoms with Gasteiger partial charge in [0.1, 0.15) is 5.54 Å². The number of nitrogens with zero attached hydrogens (tertiary/aromatic N) is 1. The van der Waals surface area contributed by atoms with Gasteiger partial charge in [0.05, 0.1) is 12.7 Å². The summed E-state index contributed by atoms with van der Waals surface area (Å²) in [6, 6.07) is 17.2. The first-order valence-electron chi connectivity index (χ1n) is 7.73. The highest BCUT2D eigenvalue weighted by Crippen LogP contribution is 2.50. The number of ether oxygens (including phenoxy) is 1. The molecule has 1 aromatic rings. The Kier molecular flexibility index (Phi) is 4.60. The molecule has 0 unspecified atom stereocenters. The van der Waals surface area contributed by atoms with Crippen LogP contribution in [0.4, 0.5) is 4.39 Å². The van der Waals surface area contributed by atoms with Crippen molar-refractivity contribution in [2.75, 3.05) is 12.4 Å². The van der Waals surface area contributed by atoms with E-state index in [1.54, 1.807) is 0 Å². The third kappa shape index (κ3) is 3.08. The number of alkyl halides is 1. The molecule has 2 N–H and O–H groups in total. The molecule has 2 heterocycles. The zero-order valence-corrected chi connectivity index (χ0v) is 13.9. The summed E-state index contributed by atoms with van der Waals surface area (Å²) in [5.74, 6) is 0.306. The summed E-state index contributed by atoms with van der Waals surface area (Å²) in [7, 11) is 0. The number of fused-ring (bicyclic) bond motifs is 1. The molecule has 3 rings (SSSR count). The highest BCUT2D eigenvalue weighted by atomic mass is 32.2. The van der Waals surface area contributed by atoms with E-state index in [1.807, 2.05) is 61.5 Å². The highest BCUT2D eigenvalue weighted by Gasteiger charge is 2.59. The fourth-order valence-corrected chi connectivity index (χ4v) is 4.13. The van der Waals surface area contributed by atoms with E-state index in [0.717, 1.165) is 5.56 Å². The predicted molar refractivity (Wildman–Crippen MR) is 93.7 cm³/mol. The molecule has 0 spiro atoms. The van der Waals surface area contributed by atoms with Crippen molar-refractivity contribution in [1.29, 1.82) is 0 Å². The van der Waals surface area contributed by atoms with Crippen molar-refractivity contribution >= 4 is 16.9 Å². The van der Waals surface area contributed by atoms with Gasteiger partial charge >= 0.3 is 0 Å². The molecule has 0 amide bonds. The molecule has 0 bridgehead atoms. The maximum absolute atomic E-state index is 15.9. The van der Waals surface area contributed by atoms with Gasteiger partial charge in [-0.1, -0.05) is 66.4 Å². The Morgan fingerprint density at radius 2 is 1.78 bits per heavy atom. The number of aliphatic imine (C=N–C) groups is 1. The summed E-state index contributed by atoms with van der Waals surface area (Å²) in [6.07, 6.45) is 0.201. The van der Waals surface area contributed by atoms with Crippen molar-refractivity contribution in [3.05, 3.63) is 60.2 Å². The zero-order valence-electron chi connectivity index (χ0n) is 13.1. The van der Waals surface area contributed by atoms with E-state index in [4.69, 9.17) is 10.5 Å². The highest BCUT2D eigenvalue weighted by molar-refractivity contribution is 8.13. The first-order chi connectivity index (χ1) is 11.1. The molecule has 1 fully saturated rings. The van der Waals surface area contributed by atoms with E-state index in [0.29, 0.717) is 17.3 Å². The average molecular weight is 332 g/mol. The number of nitrogens with two attached hydrogens (primary N) is 1. The minimum absolute atomic E-state index is 0.120. The Hall–Kier alpha value is -1.59. The zero-order chi connectivity index (χ0) is 16.3. The summed E-state index contributed by atoms with van der Waals surface area (Å²) in [5, 5.41) is 0.419. The fourth-order valence-electron chi connectivity index (χ4n) is 3.17. The maximum Gasteiger partial charge on any atom is 0.155 e. The molecule has 3 nitrogen and oxygen atoms in total. The summed E-state index contributed by atoms with van der Waals surface area (Å²) in [4.78, 5) is 4.55. The van der Waals surface area contributed by atoms with E-state index in [9.17, 15) is 0 Å². The molecule has 0 saturated carbocycles. The lowest BCUT2D eigenvalue weighted by molar-refractivity contribution is -0.106. The quantitative estimate of drug-likeness (QED) is 0.855. The molecular weight excluding hydrogens is 311 g/mol. The molecule has 1 saturated heterocycles. The normalized spacial score (nSPS) is 33.1. The third-order valence-corrected chi connectivity index (χ3v) is 5.36. The van der Waals surface area contributed by atoms with Gasteiger partial charge in [0.25, 0.3) is 0 Å². The van der Waals surface area contributed by atoms with Crippen LogP contribution >= 0.6 is 11.8 Å². The second-order valence-electron chi connectivity index (χ2n) is 6.03. The minimum atomic E-state index is -1.47. The van der Waals surface area contributed by atoms with Gasteiger partial charge in [-0.3, -0.25) is 0 Å². The van der Waals surface area contributed by atoms with Crippen LogP contribution < -0.4 is 5.73 Å². The molecule has 1 aromatic carbocycles. The van der Waals surface area contributed by atoms with Gasteiger partial charge in [0.15, 0.2) is 10.8 Å². The van der Waals surface area contributed by atoms with Crippen molar-refractivity contribution in [3.8, 4) is 0 Å². The number of halogens is 1. The molecule has 0 aromatic heterocycles. The lowest BCUT2D eigenvalue weighted by Gasteiger charge is -2.49. The lowest BCUT2D eigenvalue weighted by atomic mass is 9.73. The summed E-state index contributed by atoms with van der Waals surface area (Å²) in [6.45, 7) is 2.11. The smallest absolute Gasteiger partial charge is 0.155 e. The van der Waals surface area contributed by atoms with Crippen LogP contribution in [0.25, 0.3) is 0 Å². The molecule has 5 heteroatoms. The largest absolute Gasteiger partial charge is 0.379 e. The van der Waals surface area contributed by atoms with Crippen molar-refractivity contribution in [3.63, 3.8) is 0 Å². The Morgan fingerprint density at radius 3 is 2.43 bits per heavy atom. The van der Waals surface area contributed by atoms with Crippen molar-refractivity contribution in [1.82, 2.24) is 0 Å². The van der Waals surface area contributed by atoms with E-state index < -0.39 is 11.2 Å². The first kappa shape index (κ1) is 16.3. The molecule has 3 atom stereocenters. The molecule has 2 aliphatic rings. The van der Waals surface area contributed by atoms with Crippen LogP contribution in [-0.2, 0) is 10.3 Å². The SMILES string of the molecule is C[C@H]1C[C@@]2(F)CSC(N)=N[C@@]2(c2ccccccccc2)CO1. The van der Waals surface area contributed by atoms with Crippen molar-refractivity contribution in [2.45, 2.75) is 30.7 Å². The second kappa shape index (κ2) is 6.49. The molecule has 0 radical (unpaired) electrons. The van der Waals surface area contributed by atoms with E-state index >= 15 is 4.39 Å². The lowest BCUT2D eigenvalue weighted by Crippen LogP contribution is -2.60. The molecular formula is C18H21FN2OS. The Balaban J connectivity index is 2.19. The van der Waals surface area contributed by atoms with E-state index in [2.05, 4.69) is 4.99 Å². The predicted octanol–water partition coefficient (Wildman–Crippen LogP) is 3.58. The van der Waals surface area contributed by atoms with Gasteiger partial charge in [0, 0.05) is 12.2 Å². The Labute approximate surface area is 140 Å². The average Bonchev–Trinajstić information content (AvgIpc) is 2.53. The van der Waals surface area contributed by atoms with E-state index in [1.165, 1.54) is 11.8 Å². The molecule has 0 aliphatic carbocycles. The van der Waals surface area contributed by atoms with Crippen LogP contribution in [-0.4, -0.2) is 29.3 Å². The molecule has 2 aliphatic heterocycles. The number of rotatable bonds is 1. The standard InChI is InChI=1S/C18H21FN2OS/c1-14-11-17(19)13-23-16(20)21-18(17,12-22-14)15-9-7-5-3-2-4-6-8-10-15/h2-10,14H,11-13H2,1H3,(H2,20,21)/t14-,17+,18+/m0/s1. The number of hydrogen-bond donors (Lipinski definition) is 1. The Bertz CT molecular complexity index is 642. The third-order valence-electron chi connectivity index (χ3n) is 4.37. The van der Waals surface area contributed by atoms with Crippen LogP contribution in [0.1, 0.15) is 18.9 Å². The molecule has 23 heavy (non-hydrogen) atoms. The van der Waals surface area contributed by atoms with Crippen LogP contribution in [0.5, 0.6) is 0 Å². The second-order valence-corrected chi connectivity index (χ2v) is 7.02. The maximum atomic E-state index is 15.9. The monoisotopic (exact) mass is 332 g/mol. The number of amidine groups is 1. The van der Waals surface area contributed by atoms with Gasteiger partial charge in [-0.15, -0.1) is 0 Å². The van der Waals surface area contributed by atoms with E-state index in [-0.39, 0.29) is 12.7 Å². The summed E-state index contributed by atoms with van der Waals surface area (Å²) >= 11 is 1.29. The fraction of sp³-hybridized carbons (Fsp3) is 0.389. The first-order valence-corrected chi connectivity index (χ1v) is 8.72. The van der Waals surface area contributed by atoms with Crippen molar-refractivity contribution < 1.29 is 9.13 Å². The van der Waals surface area contributed by atoms with Crippen LogP contribution in [0.3, 0.4) is 0 Å². The van der Waals surface area contributed by atoms with Crippen LogP contribution in [0, 0.1) is 0 Å². The minimum Gasteiger partial charge on any atom is -0.379 e. The summed E-state index contributed by atoms with van der Waals surface area (Å²) < 4.78 is 21.7. The number of hydrogen-bond acceptors (Lipinski definition) is 4. The van der Waals surface area contributed by atoms with Gasteiger partial charge in [-0.2, -0.15) is 0 Å². The van der Waals surface area contributed by atoms with Gasteiger partial charge in [-0.25, -0.2) is 9.38 Å².